The van der Waals surface area contributed by atoms with E-state index in [1.807, 2.05) is 57.2 Å². The van der Waals surface area contributed by atoms with Crippen LogP contribution in [-0.4, -0.2) is 41.4 Å². The van der Waals surface area contributed by atoms with Gasteiger partial charge in [0, 0.05) is 46.7 Å². The summed E-state index contributed by atoms with van der Waals surface area (Å²) in [6.07, 6.45) is 3.97. The van der Waals surface area contributed by atoms with Gasteiger partial charge in [0.2, 0.25) is 5.91 Å². The number of nitrogens with zero attached hydrogens (tertiary/aromatic N) is 1. The lowest BCUT2D eigenvalue weighted by Gasteiger charge is -2.39. The fourth-order valence-corrected chi connectivity index (χ4v) is 5.84. The predicted octanol–water partition coefficient (Wildman–Crippen LogP) is 6.43. The van der Waals surface area contributed by atoms with Gasteiger partial charge >= 0.3 is 6.09 Å². The first-order valence-electron chi connectivity index (χ1n) is 12.3. The molecule has 6 nitrogen and oxygen atoms in total. The van der Waals surface area contributed by atoms with Crippen LogP contribution >= 0.6 is 23.2 Å². The second kappa shape index (κ2) is 9.34. The van der Waals surface area contributed by atoms with E-state index in [0.717, 1.165) is 16.7 Å². The number of ketones is 1. The fraction of sp³-hybridized carbons (Fsp3) is 0.345. The van der Waals surface area contributed by atoms with E-state index >= 15 is 0 Å². The molecule has 8 heteroatoms. The van der Waals surface area contributed by atoms with E-state index in [1.54, 1.807) is 23.1 Å². The van der Waals surface area contributed by atoms with E-state index in [2.05, 4.69) is 5.32 Å². The van der Waals surface area contributed by atoms with Crippen molar-refractivity contribution in [2.45, 2.75) is 50.5 Å². The number of fused-ring (bicyclic) bond motifs is 2. The number of hydrogen-bond donors (Lipinski definition) is 1. The third kappa shape index (κ3) is 4.69. The Morgan fingerprint density at radius 3 is 2.54 bits per heavy atom. The molecule has 1 aliphatic carbocycles. The largest absolute Gasteiger partial charge is 0.444 e. The molecule has 0 aromatic heterocycles. The Morgan fingerprint density at radius 1 is 1.11 bits per heavy atom. The standard InChI is InChI=1S/C29H28Cl2N2O4/c1-28(2,3)37-27(36)33-11-9-17(10-12-33)21-16-29(22-8-7-20(31)14-24(22)32-26(29)35)23(15-25(21)34)18-5-4-6-19(30)13-18/h4-9,13-14,16,23H,10-12,15H2,1-3H3,(H,32,35)/t23-,29-/m0/s1. The number of nitrogens with one attached hydrogen (secondary N) is 1. The van der Waals surface area contributed by atoms with Gasteiger partial charge in [-0.3, -0.25) is 9.59 Å². The second-order valence-corrected chi connectivity index (χ2v) is 11.6. The summed E-state index contributed by atoms with van der Waals surface area (Å²) in [5, 5.41) is 4.05. The molecule has 2 aromatic rings. The molecule has 0 unspecified atom stereocenters. The van der Waals surface area contributed by atoms with Crippen molar-refractivity contribution in [1.29, 1.82) is 0 Å². The van der Waals surface area contributed by atoms with Crippen LogP contribution in [0.15, 0.2) is 65.8 Å². The van der Waals surface area contributed by atoms with Gasteiger partial charge in [0.15, 0.2) is 5.78 Å². The fourth-order valence-electron chi connectivity index (χ4n) is 5.46. The number of carbonyl (C=O) groups is 3. The van der Waals surface area contributed by atoms with Gasteiger partial charge in [0.1, 0.15) is 11.0 Å². The number of halogens is 2. The van der Waals surface area contributed by atoms with E-state index in [-0.39, 0.29) is 24.2 Å². The number of carbonyl (C=O) groups excluding carboxylic acids is 3. The van der Waals surface area contributed by atoms with Gasteiger partial charge < -0.3 is 15.0 Å². The zero-order chi connectivity index (χ0) is 26.5. The highest BCUT2D eigenvalue weighted by Crippen LogP contribution is 2.54. The maximum Gasteiger partial charge on any atom is 0.410 e. The third-order valence-corrected chi connectivity index (χ3v) is 7.59. The highest BCUT2D eigenvalue weighted by Gasteiger charge is 2.54. The number of rotatable bonds is 2. The van der Waals surface area contributed by atoms with Gasteiger partial charge in [-0.05, 0) is 68.2 Å². The lowest BCUT2D eigenvalue weighted by molar-refractivity contribution is -0.121. The zero-order valence-electron chi connectivity index (χ0n) is 20.9. The molecule has 2 atom stereocenters. The molecule has 1 N–H and O–H groups in total. The first-order chi connectivity index (χ1) is 17.5. The molecule has 2 aliphatic heterocycles. The summed E-state index contributed by atoms with van der Waals surface area (Å²) in [7, 11) is 0. The van der Waals surface area contributed by atoms with Gasteiger partial charge in [-0.1, -0.05) is 53.6 Å². The molecule has 2 amide bonds. The summed E-state index contributed by atoms with van der Waals surface area (Å²) in [5.41, 5.74) is 1.92. The summed E-state index contributed by atoms with van der Waals surface area (Å²) in [6, 6.07) is 12.7. The number of ether oxygens (including phenoxy) is 1. The third-order valence-electron chi connectivity index (χ3n) is 7.12. The summed E-state index contributed by atoms with van der Waals surface area (Å²) in [5.74, 6) is -0.679. The van der Waals surface area contributed by atoms with Gasteiger partial charge in [-0.25, -0.2) is 4.79 Å². The minimum Gasteiger partial charge on any atom is -0.444 e. The Hall–Kier alpha value is -3.09. The molecular weight excluding hydrogens is 511 g/mol. The molecule has 37 heavy (non-hydrogen) atoms. The maximum atomic E-state index is 13.8. The Balaban J connectivity index is 1.57. The van der Waals surface area contributed by atoms with E-state index in [1.165, 1.54) is 0 Å². The van der Waals surface area contributed by atoms with Crippen molar-refractivity contribution in [1.82, 2.24) is 4.90 Å². The van der Waals surface area contributed by atoms with E-state index in [9.17, 15) is 14.4 Å². The highest BCUT2D eigenvalue weighted by molar-refractivity contribution is 6.31. The number of allylic oxidation sites excluding steroid dienone is 1. The molecule has 0 fully saturated rings. The predicted molar refractivity (Wildman–Crippen MR) is 144 cm³/mol. The van der Waals surface area contributed by atoms with Crippen LogP contribution < -0.4 is 5.32 Å². The van der Waals surface area contributed by atoms with Gasteiger partial charge in [-0.2, -0.15) is 0 Å². The van der Waals surface area contributed by atoms with Crippen LogP contribution in [0.3, 0.4) is 0 Å². The van der Waals surface area contributed by atoms with Crippen LogP contribution in [-0.2, 0) is 19.7 Å². The average Bonchev–Trinajstić information content (AvgIpc) is 3.09. The van der Waals surface area contributed by atoms with Crippen LogP contribution in [0.5, 0.6) is 0 Å². The lowest BCUT2D eigenvalue weighted by Crippen LogP contribution is -2.44. The zero-order valence-corrected chi connectivity index (χ0v) is 22.4. The van der Waals surface area contributed by atoms with Crippen molar-refractivity contribution in [3.63, 3.8) is 0 Å². The number of amides is 2. The number of hydrogen-bond acceptors (Lipinski definition) is 4. The van der Waals surface area contributed by atoms with Crippen molar-refractivity contribution in [3.8, 4) is 0 Å². The van der Waals surface area contributed by atoms with Crippen molar-refractivity contribution in [2.75, 3.05) is 18.4 Å². The monoisotopic (exact) mass is 538 g/mol. The topological polar surface area (TPSA) is 75.7 Å². The van der Waals surface area contributed by atoms with Crippen molar-refractivity contribution in [3.05, 3.63) is 86.9 Å². The number of benzene rings is 2. The van der Waals surface area contributed by atoms with E-state index in [4.69, 9.17) is 27.9 Å². The van der Waals surface area contributed by atoms with Crippen molar-refractivity contribution in [2.24, 2.45) is 0 Å². The second-order valence-electron chi connectivity index (χ2n) is 10.7. The van der Waals surface area contributed by atoms with Gasteiger partial charge in [0.05, 0.1) is 0 Å². The lowest BCUT2D eigenvalue weighted by atomic mass is 9.61. The van der Waals surface area contributed by atoms with Gasteiger partial charge in [-0.15, -0.1) is 0 Å². The first-order valence-corrected chi connectivity index (χ1v) is 13.0. The molecule has 0 radical (unpaired) electrons. The first kappa shape index (κ1) is 25.6. The van der Waals surface area contributed by atoms with Gasteiger partial charge in [0.25, 0.3) is 0 Å². The molecule has 2 aromatic carbocycles. The molecule has 2 heterocycles. The molecule has 0 bridgehead atoms. The Labute approximate surface area is 226 Å². The molecule has 1 spiro atoms. The van der Waals surface area contributed by atoms with E-state index in [0.29, 0.717) is 40.8 Å². The van der Waals surface area contributed by atoms with Crippen LogP contribution in [0.25, 0.3) is 0 Å². The Morgan fingerprint density at radius 2 is 1.86 bits per heavy atom. The Kier molecular flexibility index (Phi) is 6.45. The van der Waals surface area contributed by atoms with Crippen LogP contribution in [0.2, 0.25) is 10.0 Å². The summed E-state index contributed by atoms with van der Waals surface area (Å²) in [4.78, 5) is 41.5. The summed E-state index contributed by atoms with van der Waals surface area (Å²) in [6.45, 7) is 6.24. The quantitative estimate of drug-likeness (QED) is 0.477. The average molecular weight is 539 g/mol. The van der Waals surface area contributed by atoms with Crippen molar-refractivity contribution >= 4 is 46.7 Å². The van der Waals surface area contributed by atoms with E-state index < -0.39 is 16.9 Å². The SMILES string of the molecule is CC(C)(C)OC(=O)N1CC=C(C2=C[C@@]3(C(=O)Nc4cc(Cl)ccc43)[C@H](c3cccc(Cl)c3)CC2=O)CC1. The number of anilines is 1. The minimum absolute atomic E-state index is 0.0391. The summed E-state index contributed by atoms with van der Waals surface area (Å²) >= 11 is 12.5. The smallest absolute Gasteiger partial charge is 0.410 e. The molecular formula is C29H28Cl2N2O4. The molecule has 3 aliphatic rings. The maximum absolute atomic E-state index is 13.8. The minimum atomic E-state index is -1.10. The van der Waals surface area contributed by atoms with Crippen LogP contribution in [0.4, 0.5) is 10.5 Å². The normalized spacial score (nSPS) is 23.4. The van der Waals surface area contributed by atoms with Crippen molar-refractivity contribution < 1.29 is 19.1 Å². The molecule has 5 rings (SSSR count). The Bertz CT molecular complexity index is 1370. The van der Waals surface area contributed by atoms with Crippen LogP contribution in [0, 0.1) is 0 Å². The molecule has 192 valence electrons. The van der Waals surface area contributed by atoms with Crippen LogP contribution in [0.1, 0.15) is 50.7 Å². The molecule has 0 saturated carbocycles. The molecule has 0 saturated heterocycles. The summed E-state index contributed by atoms with van der Waals surface area (Å²) < 4.78 is 5.49. The number of Topliss-reactive ketones (excluding diaryl/α,β-unsaturated/α-hetero) is 1. The highest BCUT2D eigenvalue weighted by atomic mass is 35.5.